The van der Waals surface area contributed by atoms with E-state index >= 15 is 0 Å². The van der Waals surface area contributed by atoms with E-state index in [1.54, 1.807) is 0 Å². The SMILES string of the molecule is CC1CCCC1C(O)C1CCOC2(CCCC2)C1. The minimum atomic E-state index is -0.0659. The standard InChI is InChI=1S/C16H28O2/c1-12-5-4-6-14(12)15(17)13-7-10-18-16(11-13)8-2-3-9-16/h12-15,17H,2-11H2,1H3. The Labute approximate surface area is 111 Å². The van der Waals surface area contributed by atoms with Gasteiger partial charge >= 0.3 is 0 Å². The van der Waals surface area contributed by atoms with Gasteiger partial charge in [-0.2, -0.15) is 0 Å². The molecule has 0 radical (unpaired) electrons. The number of hydrogen-bond acceptors (Lipinski definition) is 2. The van der Waals surface area contributed by atoms with Crippen LogP contribution in [0.2, 0.25) is 0 Å². The van der Waals surface area contributed by atoms with Gasteiger partial charge in [0, 0.05) is 6.61 Å². The van der Waals surface area contributed by atoms with Gasteiger partial charge in [-0.15, -0.1) is 0 Å². The van der Waals surface area contributed by atoms with E-state index < -0.39 is 0 Å². The summed E-state index contributed by atoms with van der Waals surface area (Å²) < 4.78 is 6.09. The molecule has 0 bridgehead atoms. The van der Waals surface area contributed by atoms with E-state index in [0.717, 1.165) is 25.4 Å². The Morgan fingerprint density at radius 3 is 2.56 bits per heavy atom. The van der Waals surface area contributed by atoms with Crippen molar-refractivity contribution in [1.82, 2.24) is 0 Å². The molecule has 2 aliphatic carbocycles. The lowest BCUT2D eigenvalue weighted by Crippen LogP contribution is -2.43. The van der Waals surface area contributed by atoms with Crippen molar-refractivity contribution < 1.29 is 9.84 Å². The van der Waals surface area contributed by atoms with Crippen LogP contribution in [0.1, 0.15) is 64.7 Å². The molecular formula is C16H28O2. The van der Waals surface area contributed by atoms with Crippen molar-refractivity contribution >= 4 is 0 Å². The van der Waals surface area contributed by atoms with Gasteiger partial charge in [-0.3, -0.25) is 0 Å². The second kappa shape index (κ2) is 5.13. The van der Waals surface area contributed by atoms with Crippen LogP contribution in [0, 0.1) is 17.8 Å². The molecule has 2 nitrogen and oxygen atoms in total. The van der Waals surface area contributed by atoms with Crippen LogP contribution in [0.3, 0.4) is 0 Å². The molecule has 1 heterocycles. The average molecular weight is 252 g/mol. The average Bonchev–Trinajstić information content (AvgIpc) is 2.98. The molecule has 1 saturated heterocycles. The van der Waals surface area contributed by atoms with Crippen molar-refractivity contribution in [2.24, 2.45) is 17.8 Å². The number of rotatable bonds is 2. The third-order valence-electron chi connectivity index (χ3n) is 5.90. The first-order valence-electron chi connectivity index (χ1n) is 8.02. The molecule has 4 unspecified atom stereocenters. The van der Waals surface area contributed by atoms with Crippen molar-refractivity contribution in [3.63, 3.8) is 0 Å². The summed E-state index contributed by atoms with van der Waals surface area (Å²) in [5.41, 5.74) is 0.158. The fraction of sp³-hybridized carbons (Fsp3) is 1.00. The van der Waals surface area contributed by atoms with Crippen molar-refractivity contribution in [1.29, 1.82) is 0 Å². The third-order valence-corrected chi connectivity index (χ3v) is 5.90. The normalized spacial score (nSPS) is 41.3. The van der Waals surface area contributed by atoms with Crippen molar-refractivity contribution in [2.45, 2.75) is 76.4 Å². The van der Waals surface area contributed by atoms with Crippen LogP contribution in [-0.4, -0.2) is 23.4 Å². The molecule has 0 aromatic rings. The molecule has 3 rings (SSSR count). The Hall–Kier alpha value is -0.0800. The lowest BCUT2D eigenvalue weighted by atomic mass is 9.76. The number of ether oxygens (including phenoxy) is 1. The topological polar surface area (TPSA) is 29.5 Å². The first kappa shape index (κ1) is 12.9. The Bertz CT molecular complexity index is 283. The third kappa shape index (κ3) is 2.34. The van der Waals surface area contributed by atoms with E-state index in [1.807, 2.05) is 0 Å². The van der Waals surface area contributed by atoms with E-state index in [4.69, 9.17) is 4.74 Å². The molecule has 3 aliphatic rings. The van der Waals surface area contributed by atoms with Crippen LogP contribution >= 0.6 is 0 Å². The smallest absolute Gasteiger partial charge is 0.0686 e. The second-order valence-corrected chi connectivity index (χ2v) is 7.05. The van der Waals surface area contributed by atoms with Gasteiger partial charge in [0.25, 0.3) is 0 Å². The molecule has 0 amide bonds. The molecular weight excluding hydrogens is 224 g/mol. The largest absolute Gasteiger partial charge is 0.393 e. The molecule has 18 heavy (non-hydrogen) atoms. The minimum Gasteiger partial charge on any atom is -0.393 e. The lowest BCUT2D eigenvalue weighted by Gasteiger charge is -2.42. The van der Waals surface area contributed by atoms with Crippen LogP contribution < -0.4 is 0 Å². The van der Waals surface area contributed by atoms with Crippen LogP contribution in [0.15, 0.2) is 0 Å². The maximum absolute atomic E-state index is 10.7. The van der Waals surface area contributed by atoms with Crippen LogP contribution in [-0.2, 0) is 4.74 Å². The molecule has 1 aliphatic heterocycles. The monoisotopic (exact) mass is 252 g/mol. The van der Waals surface area contributed by atoms with Gasteiger partial charge < -0.3 is 9.84 Å². The van der Waals surface area contributed by atoms with E-state index in [-0.39, 0.29) is 11.7 Å². The van der Waals surface area contributed by atoms with Crippen LogP contribution in [0.25, 0.3) is 0 Å². The van der Waals surface area contributed by atoms with Crippen LogP contribution in [0.5, 0.6) is 0 Å². The van der Waals surface area contributed by atoms with Gasteiger partial charge in [-0.25, -0.2) is 0 Å². The predicted octanol–water partition coefficient (Wildman–Crippen LogP) is 3.52. The fourth-order valence-corrected chi connectivity index (χ4v) is 4.76. The van der Waals surface area contributed by atoms with E-state index in [1.165, 1.54) is 44.9 Å². The van der Waals surface area contributed by atoms with Gasteiger partial charge in [-0.05, 0) is 49.9 Å². The fourth-order valence-electron chi connectivity index (χ4n) is 4.76. The van der Waals surface area contributed by atoms with Gasteiger partial charge in [0.2, 0.25) is 0 Å². The van der Waals surface area contributed by atoms with Crippen molar-refractivity contribution in [3.05, 3.63) is 0 Å². The van der Waals surface area contributed by atoms with Crippen LogP contribution in [0.4, 0.5) is 0 Å². The quantitative estimate of drug-likeness (QED) is 0.814. The molecule has 0 aromatic carbocycles. The highest BCUT2D eigenvalue weighted by Gasteiger charge is 2.44. The zero-order chi connectivity index (χ0) is 12.6. The van der Waals surface area contributed by atoms with Crippen molar-refractivity contribution in [2.75, 3.05) is 6.61 Å². The summed E-state index contributed by atoms with van der Waals surface area (Å²) in [5.74, 6) is 1.79. The first-order chi connectivity index (χ1) is 8.70. The zero-order valence-corrected chi connectivity index (χ0v) is 11.7. The highest BCUT2D eigenvalue weighted by molar-refractivity contribution is 4.95. The molecule has 104 valence electrons. The molecule has 1 N–H and O–H groups in total. The maximum Gasteiger partial charge on any atom is 0.0686 e. The van der Waals surface area contributed by atoms with Crippen molar-refractivity contribution in [3.8, 4) is 0 Å². The summed E-state index contributed by atoms with van der Waals surface area (Å²) in [5, 5.41) is 10.7. The predicted molar refractivity (Wildman–Crippen MR) is 72.4 cm³/mol. The molecule has 0 aromatic heterocycles. The Morgan fingerprint density at radius 2 is 1.89 bits per heavy atom. The second-order valence-electron chi connectivity index (χ2n) is 7.05. The number of aliphatic hydroxyl groups excluding tert-OH is 1. The van der Waals surface area contributed by atoms with Gasteiger partial charge in [-0.1, -0.05) is 32.6 Å². The summed E-state index contributed by atoms with van der Waals surface area (Å²) in [6.45, 7) is 3.20. The summed E-state index contributed by atoms with van der Waals surface area (Å²) >= 11 is 0. The lowest BCUT2D eigenvalue weighted by molar-refractivity contribution is -0.121. The Morgan fingerprint density at radius 1 is 1.11 bits per heavy atom. The highest BCUT2D eigenvalue weighted by atomic mass is 16.5. The van der Waals surface area contributed by atoms with E-state index in [0.29, 0.717) is 11.8 Å². The number of hydrogen-bond donors (Lipinski definition) is 1. The summed E-state index contributed by atoms with van der Waals surface area (Å²) in [6.07, 6.45) is 11.1. The highest BCUT2D eigenvalue weighted by Crippen LogP contribution is 2.45. The van der Waals surface area contributed by atoms with Gasteiger partial charge in [0.1, 0.15) is 0 Å². The Kier molecular flexibility index (Phi) is 3.68. The zero-order valence-electron chi connectivity index (χ0n) is 11.7. The molecule has 4 atom stereocenters. The van der Waals surface area contributed by atoms with Gasteiger partial charge in [0.05, 0.1) is 11.7 Å². The van der Waals surface area contributed by atoms with E-state index in [2.05, 4.69) is 6.92 Å². The first-order valence-corrected chi connectivity index (χ1v) is 8.02. The Balaban J connectivity index is 1.64. The summed E-state index contributed by atoms with van der Waals surface area (Å²) in [4.78, 5) is 0. The van der Waals surface area contributed by atoms with E-state index in [9.17, 15) is 5.11 Å². The molecule has 2 heteroatoms. The molecule has 3 fully saturated rings. The molecule has 2 saturated carbocycles. The summed E-state index contributed by atoms with van der Waals surface area (Å²) in [7, 11) is 0. The minimum absolute atomic E-state index is 0.0659. The molecule has 1 spiro atoms. The maximum atomic E-state index is 10.7. The number of aliphatic hydroxyl groups is 1. The van der Waals surface area contributed by atoms with Gasteiger partial charge in [0.15, 0.2) is 0 Å². The summed E-state index contributed by atoms with van der Waals surface area (Å²) in [6, 6.07) is 0.